The summed E-state index contributed by atoms with van der Waals surface area (Å²) in [6.07, 6.45) is 7.53. The Hall–Kier alpha value is -2.41. The fourth-order valence-corrected chi connectivity index (χ4v) is 2.56. The lowest BCUT2D eigenvalue weighted by molar-refractivity contribution is -0.139. The van der Waals surface area contributed by atoms with Gasteiger partial charge in [0.1, 0.15) is 5.75 Å². The Morgan fingerprint density at radius 2 is 1.92 bits per heavy atom. The van der Waals surface area contributed by atoms with E-state index in [-0.39, 0.29) is 19.1 Å². The first-order chi connectivity index (χ1) is 11.6. The van der Waals surface area contributed by atoms with Crippen LogP contribution in [-0.2, 0) is 9.59 Å². The number of nitrogens with one attached hydrogen (secondary N) is 2. The molecule has 1 aromatic carbocycles. The van der Waals surface area contributed by atoms with E-state index in [0.717, 1.165) is 18.4 Å². The Kier molecular flexibility index (Phi) is 7.22. The summed E-state index contributed by atoms with van der Waals surface area (Å²) in [7, 11) is 0. The molecule has 0 spiro atoms. The zero-order chi connectivity index (χ0) is 17.2. The number of carbonyl (C=O) groups is 2. The van der Waals surface area contributed by atoms with Crippen molar-refractivity contribution in [3.63, 3.8) is 0 Å². The van der Waals surface area contributed by atoms with Gasteiger partial charge in [0.2, 0.25) is 0 Å². The predicted molar refractivity (Wildman–Crippen MR) is 90.2 cm³/mol. The van der Waals surface area contributed by atoms with Gasteiger partial charge in [-0.25, -0.2) is 10.2 Å². The lowest BCUT2D eigenvalue weighted by Gasteiger charge is -2.22. The van der Waals surface area contributed by atoms with Crippen LogP contribution in [0.2, 0.25) is 0 Å². The molecule has 1 aliphatic carbocycles. The zero-order valence-corrected chi connectivity index (χ0v) is 13.5. The van der Waals surface area contributed by atoms with Crippen LogP contribution in [0.3, 0.4) is 0 Å². The number of carboxylic acids is 1. The summed E-state index contributed by atoms with van der Waals surface area (Å²) in [6.45, 7) is -0.110. The average molecular weight is 333 g/mol. The maximum atomic E-state index is 11.7. The third-order valence-electron chi connectivity index (χ3n) is 3.80. The van der Waals surface area contributed by atoms with Crippen LogP contribution in [0.5, 0.6) is 5.75 Å². The molecule has 0 unspecified atom stereocenters. The molecule has 0 heterocycles. The van der Waals surface area contributed by atoms with Crippen molar-refractivity contribution in [1.82, 2.24) is 10.7 Å². The van der Waals surface area contributed by atoms with Gasteiger partial charge in [-0.1, -0.05) is 19.3 Å². The fraction of sp³-hybridized carbons (Fsp3) is 0.471. The minimum absolute atomic E-state index is 0.168. The molecule has 1 aromatic rings. The lowest BCUT2D eigenvalue weighted by Crippen LogP contribution is -2.38. The van der Waals surface area contributed by atoms with Crippen LogP contribution in [0.25, 0.3) is 0 Å². The molecule has 2 rings (SSSR count). The largest absolute Gasteiger partial charge is 0.482 e. The standard InChI is InChI=1S/C17H23N3O4/c21-16(11-18-14-4-2-1-3-5-14)20-19-10-13-6-8-15(9-7-13)24-12-17(22)23/h6-10,14,18H,1-5,11-12H2,(H,20,21)(H,22,23)/b19-10-. The molecule has 0 aliphatic heterocycles. The highest BCUT2D eigenvalue weighted by Gasteiger charge is 2.13. The number of hydrazone groups is 1. The summed E-state index contributed by atoms with van der Waals surface area (Å²) < 4.78 is 5.03. The van der Waals surface area contributed by atoms with Crippen molar-refractivity contribution in [2.75, 3.05) is 13.2 Å². The van der Waals surface area contributed by atoms with Crippen molar-refractivity contribution >= 4 is 18.1 Å². The van der Waals surface area contributed by atoms with E-state index in [9.17, 15) is 9.59 Å². The second-order valence-corrected chi connectivity index (χ2v) is 5.76. The summed E-state index contributed by atoms with van der Waals surface area (Å²) in [6, 6.07) is 7.19. The Morgan fingerprint density at radius 3 is 2.58 bits per heavy atom. The number of hydrogen-bond donors (Lipinski definition) is 3. The highest BCUT2D eigenvalue weighted by molar-refractivity contribution is 5.83. The molecule has 1 fully saturated rings. The maximum Gasteiger partial charge on any atom is 0.341 e. The normalized spacial score (nSPS) is 15.3. The van der Waals surface area contributed by atoms with Gasteiger partial charge >= 0.3 is 5.97 Å². The van der Waals surface area contributed by atoms with Gasteiger partial charge in [-0.05, 0) is 42.7 Å². The maximum absolute atomic E-state index is 11.7. The number of carbonyl (C=O) groups excluding carboxylic acids is 1. The summed E-state index contributed by atoms with van der Waals surface area (Å²) in [5, 5.41) is 15.7. The Morgan fingerprint density at radius 1 is 1.21 bits per heavy atom. The van der Waals surface area contributed by atoms with Crippen LogP contribution >= 0.6 is 0 Å². The summed E-state index contributed by atoms with van der Waals surface area (Å²) in [4.78, 5) is 22.1. The number of amides is 1. The van der Waals surface area contributed by atoms with Gasteiger partial charge in [0.05, 0.1) is 12.8 Å². The van der Waals surface area contributed by atoms with E-state index in [0.29, 0.717) is 11.8 Å². The second kappa shape index (κ2) is 9.67. The topological polar surface area (TPSA) is 100 Å². The molecule has 0 saturated heterocycles. The van der Waals surface area contributed by atoms with E-state index >= 15 is 0 Å². The monoisotopic (exact) mass is 333 g/mol. The number of nitrogens with zero attached hydrogens (tertiary/aromatic N) is 1. The Bertz CT molecular complexity index is 566. The van der Waals surface area contributed by atoms with E-state index in [1.54, 1.807) is 24.3 Å². The minimum Gasteiger partial charge on any atom is -0.482 e. The van der Waals surface area contributed by atoms with Crippen LogP contribution in [-0.4, -0.2) is 42.4 Å². The SMILES string of the molecule is O=C(O)COc1ccc(/C=N\NC(=O)CNC2CCCCC2)cc1. The van der Waals surface area contributed by atoms with Gasteiger partial charge < -0.3 is 15.2 Å². The molecule has 24 heavy (non-hydrogen) atoms. The summed E-state index contributed by atoms with van der Waals surface area (Å²) in [5.41, 5.74) is 3.26. The van der Waals surface area contributed by atoms with Gasteiger partial charge in [0, 0.05) is 6.04 Å². The first-order valence-corrected chi connectivity index (χ1v) is 8.13. The Balaban J connectivity index is 1.68. The third-order valence-corrected chi connectivity index (χ3v) is 3.80. The number of ether oxygens (including phenoxy) is 1. The van der Waals surface area contributed by atoms with Gasteiger partial charge in [0.15, 0.2) is 6.61 Å². The summed E-state index contributed by atoms with van der Waals surface area (Å²) >= 11 is 0. The zero-order valence-electron chi connectivity index (χ0n) is 13.5. The van der Waals surface area contributed by atoms with E-state index in [1.165, 1.54) is 25.5 Å². The van der Waals surface area contributed by atoms with Gasteiger partial charge in [-0.15, -0.1) is 0 Å². The fourth-order valence-electron chi connectivity index (χ4n) is 2.56. The molecule has 0 atom stereocenters. The van der Waals surface area contributed by atoms with Crippen LogP contribution in [0.15, 0.2) is 29.4 Å². The highest BCUT2D eigenvalue weighted by Crippen LogP contribution is 2.16. The first-order valence-electron chi connectivity index (χ1n) is 8.13. The van der Waals surface area contributed by atoms with E-state index in [2.05, 4.69) is 15.8 Å². The molecule has 1 amide bonds. The molecule has 3 N–H and O–H groups in total. The van der Waals surface area contributed by atoms with Gasteiger partial charge in [-0.3, -0.25) is 4.79 Å². The van der Waals surface area contributed by atoms with Crippen molar-refractivity contribution < 1.29 is 19.4 Å². The molecule has 7 heteroatoms. The molecule has 0 radical (unpaired) electrons. The molecule has 7 nitrogen and oxygen atoms in total. The van der Waals surface area contributed by atoms with Crippen LogP contribution in [0.1, 0.15) is 37.7 Å². The predicted octanol–water partition coefficient (Wildman–Crippen LogP) is 1.52. The quantitative estimate of drug-likeness (QED) is 0.495. The first kappa shape index (κ1) is 17.9. The third kappa shape index (κ3) is 6.78. The molecule has 0 bridgehead atoms. The van der Waals surface area contributed by atoms with E-state index < -0.39 is 5.97 Å². The van der Waals surface area contributed by atoms with Crippen molar-refractivity contribution in [1.29, 1.82) is 0 Å². The van der Waals surface area contributed by atoms with Gasteiger partial charge in [0.25, 0.3) is 5.91 Å². The Labute approximate surface area is 141 Å². The molecular weight excluding hydrogens is 310 g/mol. The van der Waals surface area contributed by atoms with Crippen LogP contribution in [0.4, 0.5) is 0 Å². The van der Waals surface area contributed by atoms with Crippen molar-refractivity contribution in [3.05, 3.63) is 29.8 Å². The van der Waals surface area contributed by atoms with Crippen molar-refractivity contribution in [2.45, 2.75) is 38.1 Å². The van der Waals surface area contributed by atoms with Crippen molar-refractivity contribution in [2.24, 2.45) is 5.10 Å². The molecule has 130 valence electrons. The summed E-state index contributed by atoms with van der Waals surface area (Å²) in [5.74, 6) is -0.723. The number of benzene rings is 1. The molecule has 0 aromatic heterocycles. The number of aliphatic carboxylic acids is 1. The van der Waals surface area contributed by atoms with E-state index in [4.69, 9.17) is 9.84 Å². The number of carboxylic acid groups (broad SMARTS) is 1. The lowest BCUT2D eigenvalue weighted by atomic mass is 9.95. The molecule has 1 saturated carbocycles. The molecular formula is C17H23N3O4. The second-order valence-electron chi connectivity index (χ2n) is 5.76. The molecule has 1 aliphatic rings. The van der Waals surface area contributed by atoms with Crippen molar-refractivity contribution in [3.8, 4) is 5.75 Å². The minimum atomic E-state index is -1.02. The van der Waals surface area contributed by atoms with E-state index in [1.807, 2.05) is 0 Å². The van der Waals surface area contributed by atoms with Crippen LogP contribution in [0, 0.1) is 0 Å². The number of rotatable bonds is 8. The highest BCUT2D eigenvalue weighted by atomic mass is 16.5. The van der Waals surface area contributed by atoms with Crippen LogP contribution < -0.4 is 15.5 Å². The average Bonchev–Trinajstić information content (AvgIpc) is 2.60. The van der Waals surface area contributed by atoms with Gasteiger partial charge in [-0.2, -0.15) is 5.10 Å². The smallest absolute Gasteiger partial charge is 0.341 e. The number of hydrogen-bond acceptors (Lipinski definition) is 5.